The van der Waals surface area contributed by atoms with Crippen LogP contribution >= 0.6 is 23.1 Å². The average molecular weight is 373 g/mol. The Morgan fingerprint density at radius 2 is 2.16 bits per heavy atom. The molecule has 0 saturated carbocycles. The molecule has 1 aromatic carbocycles. The molecule has 130 valence electrons. The maximum absolute atomic E-state index is 12.9. The Hall–Kier alpha value is -1.89. The molecule has 0 bridgehead atoms. The number of thioether (sulfide) groups is 1. The zero-order valence-electron chi connectivity index (χ0n) is 14.1. The minimum atomic E-state index is -0.0118. The molecule has 0 radical (unpaired) electrons. The Morgan fingerprint density at radius 3 is 2.88 bits per heavy atom. The minimum Gasteiger partial charge on any atom is -0.381 e. The highest BCUT2D eigenvalue weighted by Gasteiger charge is 2.14. The van der Waals surface area contributed by atoms with E-state index < -0.39 is 0 Å². The van der Waals surface area contributed by atoms with Gasteiger partial charge < -0.3 is 4.74 Å². The second-order valence-electron chi connectivity index (χ2n) is 5.34. The predicted octanol–water partition coefficient (Wildman–Crippen LogP) is 4.44. The second kappa shape index (κ2) is 8.47. The van der Waals surface area contributed by atoms with Crippen molar-refractivity contribution < 1.29 is 4.74 Å². The van der Waals surface area contributed by atoms with Crippen molar-refractivity contribution in [3.8, 4) is 10.4 Å². The van der Waals surface area contributed by atoms with E-state index in [-0.39, 0.29) is 5.56 Å². The third-order valence-electron chi connectivity index (χ3n) is 3.65. The van der Waals surface area contributed by atoms with E-state index in [1.54, 1.807) is 33.7 Å². The topological polar surface area (TPSA) is 44.1 Å². The number of fused-ring (bicyclic) bond motifs is 1. The molecule has 2 aromatic heterocycles. The lowest BCUT2D eigenvalue weighted by Gasteiger charge is -2.09. The first-order chi connectivity index (χ1) is 12.2. The van der Waals surface area contributed by atoms with E-state index in [9.17, 15) is 4.79 Å². The largest absolute Gasteiger partial charge is 0.381 e. The van der Waals surface area contributed by atoms with Crippen LogP contribution in [0.1, 0.15) is 6.92 Å². The Balaban J connectivity index is 2.02. The van der Waals surface area contributed by atoms with Crippen molar-refractivity contribution in [2.75, 3.05) is 19.0 Å². The summed E-state index contributed by atoms with van der Waals surface area (Å²) in [6.45, 7) is 7.52. The van der Waals surface area contributed by atoms with Crippen molar-refractivity contribution in [3.63, 3.8) is 0 Å². The van der Waals surface area contributed by atoms with Gasteiger partial charge >= 0.3 is 0 Å². The number of rotatable bonds is 8. The number of benzene rings is 1. The molecule has 0 atom stereocenters. The van der Waals surface area contributed by atoms with Gasteiger partial charge in [-0.2, -0.15) is 0 Å². The molecule has 2 heterocycles. The maximum atomic E-state index is 12.9. The van der Waals surface area contributed by atoms with Crippen molar-refractivity contribution in [2.45, 2.75) is 18.6 Å². The minimum absolute atomic E-state index is 0.0118. The Morgan fingerprint density at radius 1 is 1.36 bits per heavy atom. The molecule has 0 saturated heterocycles. The molecule has 0 spiro atoms. The monoisotopic (exact) mass is 372 g/mol. The summed E-state index contributed by atoms with van der Waals surface area (Å²) < 4.78 is 7.07. The summed E-state index contributed by atoms with van der Waals surface area (Å²) in [6, 6.07) is 12.0. The van der Waals surface area contributed by atoms with Crippen LogP contribution in [-0.4, -0.2) is 28.5 Å². The van der Waals surface area contributed by atoms with Gasteiger partial charge in [-0.3, -0.25) is 9.36 Å². The smallest absolute Gasteiger partial charge is 0.263 e. The summed E-state index contributed by atoms with van der Waals surface area (Å²) >= 11 is 3.10. The molecule has 0 unspecified atom stereocenters. The number of hydrogen-bond donors (Lipinski definition) is 0. The number of ether oxygens (including phenoxy) is 1. The molecule has 0 aliphatic rings. The highest BCUT2D eigenvalue weighted by atomic mass is 32.2. The molecular weight excluding hydrogens is 352 g/mol. The lowest BCUT2D eigenvalue weighted by atomic mass is 10.2. The number of nitrogens with zero attached hydrogens (tertiary/aromatic N) is 2. The third kappa shape index (κ3) is 4.03. The van der Waals surface area contributed by atoms with E-state index in [0.29, 0.717) is 25.1 Å². The number of hydrogen-bond acceptors (Lipinski definition) is 5. The van der Waals surface area contributed by atoms with Crippen molar-refractivity contribution >= 4 is 33.3 Å². The summed E-state index contributed by atoms with van der Waals surface area (Å²) in [6.07, 6.45) is 1.73. The molecule has 3 rings (SSSR count). The molecule has 3 aromatic rings. The molecule has 0 fully saturated rings. The lowest BCUT2D eigenvalue weighted by molar-refractivity contribution is 0.164. The van der Waals surface area contributed by atoms with Crippen molar-refractivity contribution in [3.05, 3.63) is 59.4 Å². The van der Waals surface area contributed by atoms with Crippen LogP contribution in [0.2, 0.25) is 0 Å². The van der Waals surface area contributed by atoms with Crippen LogP contribution in [0.3, 0.4) is 0 Å². The van der Waals surface area contributed by atoms with Gasteiger partial charge in [0.05, 0.1) is 12.0 Å². The third-order valence-corrected chi connectivity index (χ3v) is 5.67. The molecule has 0 aliphatic carbocycles. The second-order valence-corrected chi connectivity index (χ2v) is 7.43. The van der Waals surface area contributed by atoms with Gasteiger partial charge in [0.2, 0.25) is 0 Å². The number of allylic oxidation sites excluding steroid dienone is 1. The molecule has 0 amide bonds. The predicted molar refractivity (Wildman–Crippen MR) is 107 cm³/mol. The van der Waals surface area contributed by atoms with Gasteiger partial charge in [-0.1, -0.05) is 48.2 Å². The summed E-state index contributed by atoms with van der Waals surface area (Å²) in [5.74, 6) is 0.764. The standard InChI is InChI=1S/C19H20N2O2S2/c1-3-10-21-18(22)15-13-16(14-8-6-5-7-9-14)25-17(15)20-19(21)24-12-11-23-4-2/h3,5-9,13H,1,4,10-12H2,2H3. The van der Waals surface area contributed by atoms with Crippen molar-refractivity contribution in [1.29, 1.82) is 0 Å². The van der Waals surface area contributed by atoms with Gasteiger partial charge in [0.1, 0.15) is 4.83 Å². The van der Waals surface area contributed by atoms with E-state index in [1.165, 1.54) is 0 Å². The zero-order chi connectivity index (χ0) is 17.6. The van der Waals surface area contributed by atoms with Crippen LogP contribution in [0.4, 0.5) is 0 Å². The average Bonchev–Trinajstić information content (AvgIpc) is 3.07. The first-order valence-electron chi connectivity index (χ1n) is 8.15. The van der Waals surface area contributed by atoms with Gasteiger partial charge in [-0.05, 0) is 18.6 Å². The fraction of sp³-hybridized carbons (Fsp3) is 0.263. The molecular formula is C19H20N2O2S2. The summed E-state index contributed by atoms with van der Waals surface area (Å²) in [4.78, 5) is 19.5. The SMILES string of the molecule is C=CCn1c(SCCOCC)nc2sc(-c3ccccc3)cc2c1=O. The molecule has 4 nitrogen and oxygen atoms in total. The van der Waals surface area contributed by atoms with E-state index in [1.807, 2.05) is 43.3 Å². The first-order valence-corrected chi connectivity index (χ1v) is 9.96. The summed E-state index contributed by atoms with van der Waals surface area (Å²) in [7, 11) is 0. The normalized spacial score (nSPS) is 11.1. The van der Waals surface area contributed by atoms with Crippen LogP contribution in [0.5, 0.6) is 0 Å². The quantitative estimate of drug-likeness (QED) is 0.254. The summed E-state index contributed by atoms with van der Waals surface area (Å²) in [5, 5.41) is 1.39. The number of thiophene rings is 1. The van der Waals surface area contributed by atoms with Gasteiger partial charge in [0, 0.05) is 23.8 Å². The summed E-state index contributed by atoms with van der Waals surface area (Å²) in [5.41, 5.74) is 1.09. The molecule has 6 heteroatoms. The Bertz CT molecular complexity index is 916. The van der Waals surface area contributed by atoms with Crippen LogP contribution in [0, 0.1) is 0 Å². The van der Waals surface area contributed by atoms with E-state index in [2.05, 4.69) is 6.58 Å². The van der Waals surface area contributed by atoms with Crippen LogP contribution in [-0.2, 0) is 11.3 Å². The first kappa shape index (κ1) is 17.9. The van der Waals surface area contributed by atoms with Crippen LogP contribution in [0.25, 0.3) is 20.7 Å². The Kier molecular flexibility index (Phi) is 6.07. The van der Waals surface area contributed by atoms with Gasteiger partial charge in [0.15, 0.2) is 5.16 Å². The van der Waals surface area contributed by atoms with Gasteiger partial charge in [-0.15, -0.1) is 17.9 Å². The fourth-order valence-electron chi connectivity index (χ4n) is 2.48. The van der Waals surface area contributed by atoms with Crippen LogP contribution in [0.15, 0.2) is 59.0 Å². The van der Waals surface area contributed by atoms with Crippen molar-refractivity contribution in [2.24, 2.45) is 0 Å². The number of aromatic nitrogens is 2. The van der Waals surface area contributed by atoms with E-state index >= 15 is 0 Å². The lowest BCUT2D eigenvalue weighted by Crippen LogP contribution is -2.22. The van der Waals surface area contributed by atoms with Crippen molar-refractivity contribution in [1.82, 2.24) is 9.55 Å². The van der Waals surface area contributed by atoms with Crippen LogP contribution < -0.4 is 5.56 Å². The van der Waals surface area contributed by atoms with Gasteiger partial charge in [0.25, 0.3) is 5.56 Å². The highest BCUT2D eigenvalue weighted by molar-refractivity contribution is 7.99. The fourth-order valence-corrected chi connectivity index (χ4v) is 4.42. The van der Waals surface area contributed by atoms with E-state index in [0.717, 1.165) is 26.2 Å². The van der Waals surface area contributed by atoms with E-state index in [4.69, 9.17) is 9.72 Å². The molecule has 0 aliphatic heterocycles. The highest BCUT2D eigenvalue weighted by Crippen LogP contribution is 2.32. The van der Waals surface area contributed by atoms with Gasteiger partial charge in [-0.25, -0.2) is 4.98 Å². The molecule has 25 heavy (non-hydrogen) atoms. The Labute approximate surface area is 155 Å². The zero-order valence-corrected chi connectivity index (χ0v) is 15.7. The molecule has 0 N–H and O–H groups in total. The maximum Gasteiger partial charge on any atom is 0.263 e.